The average molecular weight is 360 g/mol. The maximum absolute atomic E-state index is 10.4. The Bertz CT molecular complexity index is 475. The van der Waals surface area contributed by atoms with Crippen molar-refractivity contribution < 1.29 is 19.3 Å². The summed E-state index contributed by atoms with van der Waals surface area (Å²) in [6.45, 7) is 2.46. The highest BCUT2D eigenvalue weighted by atomic mass is 79.9. The van der Waals surface area contributed by atoms with Crippen molar-refractivity contribution in [1.82, 2.24) is 5.32 Å². The minimum absolute atomic E-state index is 0.558. The summed E-state index contributed by atoms with van der Waals surface area (Å²) in [5.74, 6) is 1.37. The Kier molecular flexibility index (Phi) is 5.87. The van der Waals surface area contributed by atoms with Crippen LogP contribution in [0.5, 0.6) is 11.5 Å². The van der Waals surface area contributed by atoms with Crippen molar-refractivity contribution in [3.8, 4) is 11.5 Å². The van der Waals surface area contributed by atoms with E-state index in [9.17, 15) is 5.11 Å². The maximum Gasteiger partial charge on any atom is 0.174 e. The molecule has 0 unspecified atom stereocenters. The molecule has 1 aromatic rings. The van der Waals surface area contributed by atoms with Crippen molar-refractivity contribution in [1.29, 1.82) is 0 Å². The van der Waals surface area contributed by atoms with Gasteiger partial charge in [0.1, 0.15) is 0 Å². The minimum Gasteiger partial charge on any atom is -0.493 e. The number of aliphatic hydroxyl groups is 1. The maximum atomic E-state index is 10.4. The van der Waals surface area contributed by atoms with Gasteiger partial charge in [0, 0.05) is 39.1 Å². The van der Waals surface area contributed by atoms with Crippen LogP contribution in [0.4, 0.5) is 0 Å². The number of benzene rings is 1. The number of rotatable bonds is 6. The molecule has 1 aromatic carbocycles. The SMILES string of the molecule is COc1cc(CNCC2(O)CCOCC2)cc(Br)c1OC. The van der Waals surface area contributed by atoms with E-state index in [0.29, 0.717) is 50.6 Å². The molecule has 0 radical (unpaired) electrons. The Balaban J connectivity index is 1.95. The van der Waals surface area contributed by atoms with Gasteiger partial charge in [-0.05, 0) is 33.6 Å². The predicted molar refractivity (Wildman–Crippen MR) is 84.0 cm³/mol. The van der Waals surface area contributed by atoms with Crippen molar-refractivity contribution >= 4 is 15.9 Å². The summed E-state index contributed by atoms with van der Waals surface area (Å²) in [7, 11) is 3.23. The van der Waals surface area contributed by atoms with Gasteiger partial charge >= 0.3 is 0 Å². The van der Waals surface area contributed by atoms with Gasteiger partial charge in [-0.1, -0.05) is 0 Å². The minimum atomic E-state index is -0.661. The summed E-state index contributed by atoms with van der Waals surface area (Å²) in [5.41, 5.74) is 0.404. The zero-order chi connectivity index (χ0) is 15.3. The molecule has 1 aliphatic rings. The Morgan fingerprint density at radius 3 is 2.62 bits per heavy atom. The molecule has 1 heterocycles. The summed E-state index contributed by atoms with van der Waals surface area (Å²) in [5, 5.41) is 13.7. The van der Waals surface area contributed by atoms with E-state index in [-0.39, 0.29) is 0 Å². The fourth-order valence-corrected chi connectivity index (χ4v) is 3.09. The molecule has 1 saturated heterocycles. The largest absolute Gasteiger partial charge is 0.493 e. The van der Waals surface area contributed by atoms with Gasteiger partial charge in [0.05, 0.1) is 24.3 Å². The second kappa shape index (κ2) is 7.45. The summed E-state index contributed by atoms with van der Waals surface area (Å²) in [4.78, 5) is 0. The molecule has 0 amide bonds. The highest BCUT2D eigenvalue weighted by Gasteiger charge is 2.29. The number of hydrogen-bond acceptors (Lipinski definition) is 5. The van der Waals surface area contributed by atoms with Crippen LogP contribution in [0.2, 0.25) is 0 Å². The number of halogens is 1. The second-order valence-corrected chi connectivity index (χ2v) is 6.11. The standard InChI is InChI=1S/C15H22BrNO4/c1-19-13-8-11(7-12(16)14(13)20-2)9-17-10-15(18)3-5-21-6-4-15/h7-8,17-18H,3-6,9-10H2,1-2H3. The molecule has 0 aromatic heterocycles. The van der Waals surface area contributed by atoms with E-state index in [1.807, 2.05) is 12.1 Å². The van der Waals surface area contributed by atoms with Crippen LogP contribution in [0.3, 0.4) is 0 Å². The number of hydrogen-bond donors (Lipinski definition) is 2. The monoisotopic (exact) mass is 359 g/mol. The van der Waals surface area contributed by atoms with Crippen molar-refractivity contribution in [3.05, 3.63) is 22.2 Å². The van der Waals surface area contributed by atoms with Crippen molar-refractivity contribution in [3.63, 3.8) is 0 Å². The molecule has 0 saturated carbocycles. The Labute approximate surface area is 133 Å². The van der Waals surface area contributed by atoms with Gasteiger partial charge in [0.25, 0.3) is 0 Å². The van der Waals surface area contributed by atoms with Crippen LogP contribution in [0.25, 0.3) is 0 Å². The molecular weight excluding hydrogens is 338 g/mol. The van der Waals surface area contributed by atoms with Crippen LogP contribution in [-0.2, 0) is 11.3 Å². The molecule has 0 aliphatic carbocycles. The molecular formula is C15H22BrNO4. The van der Waals surface area contributed by atoms with Crippen LogP contribution in [-0.4, -0.2) is 44.7 Å². The van der Waals surface area contributed by atoms with Crippen LogP contribution in [0.1, 0.15) is 18.4 Å². The van der Waals surface area contributed by atoms with Gasteiger partial charge < -0.3 is 24.6 Å². The summed E-state index contributed by atoms with van der Waals surface area (Å²) < 4.78 is 16.7. The molecule has 118 valence electrons. The van der Waals surface area contributed by atoms with Gasteiger partial charge in [-0.2, -0.15) is 0 Å². The third-order valence-corrected chi connectivity index (χ3v) is 4.29. The van der Waals surface area contributed by atoms with E-state index >= 15 is 0 Å². The van der Waals surface area contributed by atoms with Crippen LogP contribution < -0.4 is 14.8 Å². The lowest BCUT2D eigenvalue weighted by atomic mass is 9.94. The average Bonchev–Trinajstić information content (AvgIpc) is 2.47. The molecule has 1 fully saturated rings. The van der Waals surface area contributed by atoms with E-state index in [1.165, 1.54) is 0 Å². The highest BCUT2D eigenvalue weighted by Crippen LogP contribution is 2.36. The highest BCUT2D eigenvalue weighted by molar-refractivity contribution is 9.10. The van der Waals surface area contributed by atoms with Crippen LogP contribution >= 0.6 is 15.9 Å². The Morgan fingerprint density at radius 2 is 2.00 bits per heavy atom. The van der Waals surface area contributed by atoms with Crippen LogP contribution in [0.15, 0.2) is 16.6 Å². The molecule has 2 N–H and O–H groups in total. The summed E-state index contributed by atoms with van der Waals surface area (Å²) in [6, 6.07) is 3.92. The van der Waals surface area contributed by atoms with Gasteiger partial charge in [-0.15, -0.1) is 0 Å². The van der Waals surface area contributed by atoms with E-state index < -0.39 is 5.60 Å². The Morgan fingerprint density at radius 1 is 1.29 bits per heavy atom. The first-order chi connectivity index (χ1) is 10.1. The van der Waals surface area contributed by atoms with Crippen LogP contribution in [0, 0.1) is 0 Å². The molecule has 21 heavy (non-hydrogen) atoms. The van der Waals surface area contributed by atoms with E-state index in [2.05, 4.69) is 21.2 Å². The Hall–Kier alpha value is -0.820. The van der Waals surface area contributed by atoms with Crippen molar-refractivity contribution in [2.45, 2.75) is 25.0 Å². The first-order valence-electron chi connectivity index (χ1n) is 6.99. The molecule has 0 bridgehead atoms. The third-order valence-electron chi connectivity index (χ3n) is 3.70. The molecule has 0 atom stereocenters. The van der Waals surface area contributed by atoms with Gasteiger partial charge in [0.15, 0.2) is 11.5 Å². The fourth-order valence-electron chi connectivity index (χ4n) is 2.44. The quantitative estimate of drug-likeness (QED) is 0.814. The summed E-state index contributed by atoms with van der Waals surface area (Å²) in [6.07, 6.45) is 1.35. The number of methoxy groups -OCH3 is 2. The molecule has 5 nitrogen and oxygen atoms in total. The molecule has 0 spiro atoms. The molecule has 1 aliphatic heterocycles. The molecule has 2 rings (SSSR count). The predicted octanol–water partition coefficient (Wildman–Crippen LogP) is 2.10. The van der Waals surface area contributed by atoms with E-state index in [1.54, 1.807) is 14.2 Å². The lowest BCUT2D eigenvalue weighted by molar-refractivity contribution is -0.0617. The van der Waals surface area contributed by atoms with E-state index in [4.69, 9.17) is 14.2 Å². The zero-order valence-electron chi connectivity index (χ0n) is 12.4. The smallest absolute Gasteiger partial charge is 0.174 e. The van der Waals surface area contributed by atoms with Gasteiger partial charge in [-0.25, -0.2) is 0 Å². The first kappa shape index (κ1) is 16.5. The lowest BCUT2D eigenvalue weighted by Gasteiger charge is -2.32. The number of ether oxygens (including phenoxy) is 3. The third kappa shape index (κ3) is 4.32. The summed E-state index contributed by atoms with van der Waals surface area (Å²) >= 11 is 3.48. The van der Waals surface area contributed by atoms with Crippen molar-refractivity contribution in [2.24, 2.45) is 0 Å². The lowest BCUT2D eigenvalue weighted by Crippen LogP contribution is -2.44. The van der Waals surface area contributed by atoms with Gasteiger partial charge in [-0.3, -0.25) is 0 Å². The number of nitrogens with one attached hydrogen (secondary N) is 1. The topological polar surface area (TPSA) is 60.0 Å². The normalized spacial score (nSPS) is 17.5. The van der Waals surface area contributed by atoms with Gasteiger partial charge in [0.2, 0.25) is 0 Å². The van der Waals surface area contributed by atoms with Crippen molar-refractivity contribution in [2.75, 3.05) is 34.0 Å². The first-order valence-corrected chi connectivity index (χ1v) is 7.78. The second-order valence-electron chi connectivity index (χ2n) is 5.25. The zero-order valence-corrected chi connectivity index (χ0v) is 14.0. The molecule has 6 heteroatoms. The van der Waals surface area contributed by atoms with E-state index in [0.717, 1.165) is 10.0 Å². The fraction of sp³-hybridized carbons (Fsp3) is 0.600.